The Morgan fingerprint density at radius 1 is 0.839 bits per heavy atom. The minimum Gasteiger partial charge on any atom is -0.497 e. The van der Waals surface area contributed by atoms with Crippen LogP contribution in [0.15, 0.2) is 48.5 Å². The van der Waals surface area contributed by atoms with Crippen LogP contribution in [0.1, 0.15) is 43.2 Å². The van der Waals surface area contributed by atoms with Crippen molar-refractivity contribution in [3.8, 4) is 11.5 Å². The number of aryl methyl sites for hydroxylation is 2. The van der Waals surface area contributed by atoms with Gasteiger partial charge in [0, 0.05) is 18.6 Å². The SMILES string of the molecule is COc1ccc(CC[C@H]2CCC[C@@H](CCc3ccc(OC)cc3)N2C[C@H](O)CO)cc1. The van der Waals surface area contributed by atoms with Crippen LogP contribution in [0.4, 0.5) is 0 Å². The Bertz CT molecular complexity index is 702. The molecule has 5 heteroatoms. The van der Waals surface area contributed by atoms with Crippen LogP contribution in [-0.4, -0.2) is 60.7 Å². The van der Waals surface area contributed by atoms with Crippen molar-refractivity contribution in [3.63, 3.8) is 0 Å². The monoisotopic (exact) mass is 427 g/mol. The molecule has 2 N–H and O–H groups in total. The zero-order chi connectivity index (χ0) is 22.1. The van der Waals surface area contributed by atoms with Crippen molar-refractivity contribution >= 4 is 0 Å². The van der Waals surface area contributed by atoms with E-state index in [0.29, 0.717) is 18.6 Å². The molecule has 31 heavy (non-hydrogen) atoms. The quantitative estimate of drug-likeness (QED) is 0.570. The number of methoxy groups -OCH3 is 2. The predicted octanol–water partition coefficient (Wildman–Crippen LogP) is 3.85. The third kappa shape index (κ3) is 6.96. The molecule has 2 aromatic rings. The third-order valence-corrected chi connectivity index (χ3v) is 6.50. The topological polar surface area (TPSA) is 62.2 Å². The average molecular weight is 428 g/mol. The van der Waals surface area contributed by atoms with Gasteiger partial charge in [0.2, 0.25) is 0 Å². The average Bonchev–Trinajstić information content (AvgIpc) is 2.82. The number of piperidine rings is 1. The first-order valence-corrected chi connectivity index (χ1v) is 11.4. The van der Waals surface area contributed by atoms with Gasteiger partial charge in [-0.2, -0.15) is 0 Å². The Balaban J connectivity index is 1.62. The molecule has 1 fully saturated rings. The zero-order valence-corrected chi connectivity index (χ0v) is 18.9. The van der Waals surface area contributed by atoms with E-state index in [2.05, 4.69) is 29.2 Å². The highest BCUT2D eigenvalue weighted by Gasteiger charge is 2.31. The van der Waals surface area contributed by atoms with Crippen LogP contribution in [0.2, 0.25) is 0 Å². The summed E-state index contributed by atoms with van der Waals surface area (Å²) in [5, 5.41) is 19.7. The highest BCUT2D eigenvalue weighted by Crippen LogP contribution is 2.29. The smallest absolute Gasteiger partial charge is 0.118 e. The van der Waals surface area contributed by atoms with E-state index in [1.807, 2.05) is 24.3 Å². The summed E-state index contributed by atoms with van der Waals surface area (Å²) in [4.78, 5) is 2.47. The van der Waals surface area contributed by atoms with Gasteiger partial charge in [-0.05, 0) is 73.9 Å². The molecule has 1 aliphatic rings. The first-order valence-electron chi connectivity index (χ1n) is 11.4. The number of hydrogen-bond donors (Lipinski definition) is 2. The predicted molar refractivity (Wildman–Crippen MR) is 124 cm³/mol. The van der Waals surface area contributed by atoms with Gasteiger partial charge in [0.1, 0.15) is 11.5 Å². The second-order valence-corrected chi connectivity index (χ2v) is 8.55. The van der Waals surface area contributed by atoms with Gasteiger partial charge in [0.25, 0.3) is 0 Å². The van der Waals surface area contributed by atoms with E-state index >= 15 is 0 Å². The lowest BCUT2D eigenvalue weighted by molar-refractivity contribution is 0.00214. The van der Waals surface area contributed by atoms with Crippen LogP contribution < -0.4 is 9.47 Å². The summed E-state index contributed by atoms with van der Waals surface area (Å²) in [5.41, 5.74) is 2.62. The minimum atomic E-state index is -0.690. The lowest BCUT2D eigenvalue weighted by Crippen LogP contribution is -2.50. The molecule has 1 aliphatic heterocycles. The summed E-state index contributed by atoms with van der Waals surface area (Å²) in [6, 6.07) is 17.5. The minimum absolute atomic E-state index is 0.188. The van der Waals surface area contributed by atoms with Crippen molar-refractivity contribution < 1.29 is 19.7 Å². The Morgan fingerprint density at radius 3 is 1.68 bits per heavy atom. The van der Waals surface area contributed by atoms with Crippen molar-refractivity contribution in [2.45, 2.75) is 63.1 Å². The van der Waals surface area contributed by atoms with Crippen molar-refractivity contribution in [2.75, 3.05) is 27.4 Å². The van der Waals surface area contributed by atoms with Gasteiger partial charge in [-0.3, -0.25) is 4.90 Å². The molecule has 0 unspecified atom stereocenters. The molecule has 5 nitrogen and oxygen atoms in total. The number of aliphatic hydroxyl groups is 2. The van der Waals surface area contributed by atoms with Gasteiger partial charge in [-0.15, -0.1) is 0 Å². The number of nitrogens with zero attached hydrogens (tertiary/aromatic N) is 1. The van der Waals surface area contributed by atoms with Gasteiger partial charge >= 0.3 is 0 Å². The van der Waals surface area contributed by atoms with Crippen LogP contribution in [0.3, 0.4) is 0 Å². The summed E-state index contributed by atoms with van der Waals surface area (Å²) in [6.07, 6.45) is 6.95. The van der Waals surface area contributed by atoms with Crippen LogP contribution >= 0.6 is 0 Å². The fraction of sp³-hybridized carbons (Fsp3) is 0.538. The van der Waals surface area contributed by atoms with Crippen LogP contribution in [0.5, 0.6) is 11.5 Å². The summed E-state index contributed by atoms with van der Waals surface area (Å²) in [6.45, 7) is 0.351. The van der Waals surface area contributed by atoms with Crippen LogP contribution in [-0.2, 0) is 12.8 Å². The molecular formula is C26H37NO4. The summed E-state index contributed by atoms with van der Waals surface area (Å²) >= 11 is 0. The molecule has 170 valence electrons. The van der Waals surface area contributed by atoms with Gasteiger partial charge < -0.3 is 19.7 Å². The molecular weight excluding hydrogens is 390 g/mol. The highest BCUT2D eigenvalue weighted by atomic mass is 16.5. The van der Waals surface area contributed by atoms with Crippen molar-refractivity contribution in [2.24, 2.45) is 0 Å². The Kier molecular flexibility index (Phi) is 9.19. The summed E-state index contributed by atoms with van der Waals surface area (Å²) in [5.74, 6) is 1.76. The molecule has 3 atom stereocenters. The Morgan fingerprint density at radius 2 is 1.29 bits per heavy atom. The molecule has 0 amide bonds. The number of rotatable bonds is 11. The number of hydrogen-bond acceptors (Lipinski definition) is 5. The van der Waals surface area contributed by atoms with Crippen molar-refractivity contribution in [1.29, 1.82) is 0 Å². The molecule has 1 saturated heterocycles. The first kappa shape index (κ1) is 23.6. The van der Waals surface area contributed by atoms with E-state index in [1.165, 1.54) is 17.5 Å². The largest absolute Gasteiger partial charge is 0.497 e. The zero-order valence-electron chi connectivity index (χ0n) is 18.9. The van der Waals surface area contributed by atoms with Crippen molar-refractivity contribution in [3.05, 3.63) is 59.7 Å². The maximum Gasteiger partial charge on any atom is 0.118 e. The Labute approximate surface area is 186 Å². The van der Waals surface area contributed by atoms with E-state index in [1.54, 1.807) is 14.2 Å². The lowest BCUT2D eigenvalue weighted by Gasteiger charge is -2.43. The normalized spacial score (nSPS) is 20.4. The summed E-state index contributed by atoms with van der Waals surface area (Å²) < 4.78 is 10.5. The fourth-order valence-corrected chi connectivity index (χ4v) is 4.69. The molecule has 0 bridgehead atoms. The number of aliphatic hydroxyl groups excluding tert-OH is 2. The van der Waals surface area contributed by atoms with E-state index in [-0.39, 0.29) is 6.61 Å². The molecule has 0 radical (unpaired) electrons. The third-order valence-electron chi connectivity index (χ3n) is 6.50. The molecule has 0 spiro atoms. The fourth-order valence-electron chi connectivity index (χ4n) is 4.69. The Hall–Kier alpha value is -2.08. The number of benzene rings is 2. The molecule has 0 aromatic heterocycles. The standard InChI is InChI=1S/C26H37NO4/c1-30-25-14-8-20(9-15-25)6-12-22-4-3-5-23(27(22)18-24(29)19-28)13-7-21-10-16-26(31-2)17-11-21/h8-11,14-17,22-24,28-29H,3-7,12-13,18-19H2,1-2H3/t22-,23+,24-/m0/s1. The number of likely N-dealkylation sites (tertiary alicyclic amines) is 1. The van der Waals surface area contributed by atoms with Gasteiger partial charge in [-0.25, -0.2) is 0 Å². The second kappa shape index (κ2) is 12.1. The maximum atomic E-state index is 10.2. The van der Waals surface area contributed by atoms with E-state index < -0.39 is 6.10 Å². The van der Waals surface area contributed by atoms with Gasteiger partial charge in [0.15, 0.2) is 0 Å². The van der Waals surface area contributed by atoms with Crippen LogP contribution in [0.25, 0.3) is 0 Å². The number of β-amino-alcohol motifs (C(OH)–C–C–N with tert-alkyl or cyclic N) is 1. The van der Waals surface area contributed by atoms with E-state index in [0.717, 1.165) is 50.0 Å². The van der Waals surface area contributed by atoms with Gasteiger partial charge in [0.05, 0.1) is 26.9 Å². The van der Waals surface area contributed by atoms with E-state index in [4.69, 9.17) is 9.47 Å². The molecule has 0 saturated carbocycles. The first-order chi connectivity index (χ1) is 15.1. The van der Waals surface area contributed by atoms with Crippen LogP contribution in [0, 0.1) is 0 Å². The highest BCUT2D eigenvalue weighted by molar-refractivity contribution is 5.28. The molecule has 2 aromatic carbocycles. The lowest BCUT2D eigenvalue weighted by atomic mass is 9.88. The number of ether oxygens (including phenoxy) is 2. The molecule has 3 rings (SSSR count). The molecule has 0 aliphatic carbocycles. The summed E-state index contributed by atoms with van der Waals surface area (Å²) in [7, 11) is 3.38. The van der Waals surface area contributed by atoms with Crippen molar-refractivity contribution in [1.82, 2.24) is 4.90 Å². The van der Waals surface area contributed by atoms with Gasteiger partial charge in [-0.1, -0.05) is 30.7 Å². The maximum absolute atomic E-state index is 10.2. The second-order valence-electron chi connectivity index (χ2n) is 8.55. The van der Waals surface area contributed by atoms with E-state index in [9.17, 15) is 10.2 Å². The molecule has 1 heterocycles.